The number of rotatable bonds is 4. The second kappa shape index (κ2) is 5.06. The molecule has 1 heterocycles. The van der Waals surface area contributed by atoms with Crippen LogP contribution in [0, 0.1) is 5.41 Å². The molecule has 0 radical (unpaired) electrons. The molecule has 2 rings (SSSR count). The van der Waals surface area contributed by atoms with E-state index in [2.05, 4.69) is 15.8 Å². The number of carboxylic acids is 1. The van der Waals surface area contributed by atoms with E-state index in [4.69, 9.17) is 9.84 Å². The minimum Gasteiger partial charge on any atom is -0.478 e. The van der Waals surface area contributed by atoms with Crippen molar-refractivity contribution in [3.05, 3.63) is 11.3 Å². The number of hydrogen-bond donors (Lipinski definition) is 3. The molecule has 112 valence electrons. The molecule has 1 atom stereocenters. The second-order valence-corrected chi connectivity index (χ2v) is 4.53. The van der Waals surface area contributed by atoms with E-state index >= 15 is 0 Å². The van der Waals surface area contributed by atoms with Crippen molar-refractivity contribution >= 4 is 12.2 Å². The normalized spacial score (nSPS) is 25.1. The third-order valence-electron chi connectivity index (χ3n) is 3.26. The zero-order valence-electron chi connectivity index (χ0n) is 10.6. The van der Waals surface area contributed by atoms with Gasteiger partial charge in [-0.1, -0.05) is 0 Å². The number of hydrogen-bond acceptors (Lipinski definition) is 5. The lowest BCUT2D eigenvalue weighted by molar-refractivity contribution is -0.177. The number of nitrogens with zero attached hydrogens (tertiary/aromatic N) is 1. The number of ether oxygens (including phenoxy) is 1. The van der Waals surface area contributed by atoms with Crippen molar-refractivity contribution in [2.24, 2.45) is 10.4 Å². The molecule has 0 bridgehead atoms. The molecular formula is C11H14F3N3O3. The van der Waals surface area contributed by atoms with Crippen LogP contribution in [0.4, 0.5) is 13.2 Å². The summed E-state index contributed by atoms with van der Waals surface area (Å²) >= 11 is 0. The van der Waals surface area contributed by atoms with Gasteiger partial charge in [0.25, 0.3) is 0 Å². The Labute approximate surface area is 112 Å². The number of carboxylic acid groups (broad SMARTS) is 1. The highest BCUT2D eigenvalue weighted by molar-refractivity contribution is 6.09. The summed E-state index contributed by atoms with van der Waals surface area (Å²) in [5.41, 5.74) is 1.72. The maximum absolute atomic E-state index is 13.1. The van der Waals surface area contributed by atoms with Crippen molar-refractivity contribution < 1.29 is 27.8 Å². The Kier molecular flexibility index (Phi) is 3.74. The monoisotopic (exact) mass is 293 g/mol. The molecule has 2 aliphatic rings. The molecule has 3 N–H and O–H groups in total. The van der Waals surface area contributed by atoms with Crippen molar-refractivity contribution in [1.82, 2.24) is 10.9 Å². The highest BCUT2D eigenvalue weighted by Crippen LogP contribution is 2.62. The molecule has 0 aromatic rings. The molecule has 0 saturated heterocycles. The van der Waals surface area contributed by atoms with Crippen LogP contribution < -0.4 is 10.9 Å². The summed E-state index contributed by atoms with van der Waals surface area (Å²) in [5.74, 6) is -1.47. The van der Waals surface area contributed by atoms with Gasteiger partial charge >= 0.3 is 12.1 Å². The predicted octanol–water partition coefficient (Wildman–Crippen LogP) is 1.17. The van der Waals surface area contributed by atoms with Crippen LogP contribution in [0.2, 0.25) is 0 Å². The fourth-order valence-electron chi connectivity index (χ4n) is 2.03. The lowest BCUT2D eigenvalue weighted by atomic mass is 9.97. The average molecular weight is 293 g/mol. The lowest BCUT2D eigenvalue weighted by Gasteiger charge is -2.25. The maximum atomic E-state index is 13.1. The third-order valence-corrected chi connectivity index (χ3v) is 3.26. The Morgan fingerprint density at radius 1 is 1.60 bits per heavy atom. The van der Waals surface area contributed by atoms with Crippen LogP contribution in [-0.4, -0.2) is 36.4 Å². The van der Waals surface area contributed by atoms with Gasteiger partial charge in [0.2, 0.25) is 6.35 Å². The molecule has 1 aliphatic carbocycles. The fourth-order valence-corrected chi connectivity index (χ4v) is 2.03. The minimum atomic E-state index is -4.52. The number of allylic oxidation sites excluding steroid dienone is 1. The highest BCUT2D eigenvalue weighted by atomic mass is 19.4. The number of nitrogens with one attached hydrogen (secondary N) is 2. The number of aliphatic imine (C=N–C) groups is 1. The van der Waals surface area contributed by atoms with Crippen LogP contribution in [0.1, 0.15) is 19.8 Å². The van der Waals surface area contributed by atoms with Crippen molar-refractivity contribution in [3.8, 4) is 0 Å². The summed E-state index contributed by atoms with van der Waals surface area (Å²) in [6.45, 7) is 1.96. The van der Waals surface area contributed by atoms with Crippen molar-refractivity contribution in [2.45, 2.75) is 32.3 Å². The lowest BCUT2D eigenvalue weighted by Crippen LogP contribution is -2.45. The molecule has 20 heavy (non-hydrogen) atoms. The molecule has 0 amide bonds. The van der Waals surface area contributed by atoms with E-state index < -0.39 is 35.2 Å². The number of hydrazine groups is 1. The topological polar surface area (TPSA) is 83.0 Å². The van der Waals surface area contributed by atoms with Crippen LogP contribution >= 0.6 is 0 Å². The first kappa shape index (κ1) is 14.8. The van der Waals surface area contributed by atoms with Crippen molar-refractivity contribution in [1.29, 1.82) is 0 Å². The first-order chi connectivity index (χ1) is 9.32. The van der Waals surface area contributed by atoms with Crippen LogP contribution in [-0.2, 0) is 9.53 Å². The SMILES string of the molecule is CCOC1N=CC(C(=O)O)=C(C2(C(F)(F)F)CC2)NN1. The largest absolute Gasteiger partial charge is 0.478 e. The van der Waals surface area contributed by atoms with Crippen LogP contribution in [0.25, 0.3) is 0 Å². The van der Waals surface area contributed by atoms with Crippen molar-refractivity contribution in [2.75, 3.05) is 6.61 Å². The first-order valence-corrected chi connectivity index (χ1v) is 6.03. The summed E-state index contributed by atoms with van der Waals surface area (Å²) in [5, 5.41) is 9.08. The summed E-state index contributed by atoms with van der Waals surface area (Å²) in [7, 11) is 0. The van der Waals surface area contributed by atoms with E-state index in [-0.39, 0.29) is 19.4 Å². The molecular weight excluding hydrogens is 279 g/mol. The van der Waals surface area contributed by atoms with E-state index in [0.717, 1.165) is 6.21 Å². The van der Waals surface area contributed by atoms with Gasteiger partial charge in [0, 0.05) is 12.8 Å². The molecule has 1 unspecified atom stereocenters. The van der Waals surface area contributed by atoms with Crippen LogP contribution in [0.5, 0.6) is 0 Å². The number of aliphatic carboxylic acids is 1. The van der Waals surface area contributed by atoms with Gasteiger partial charge < -0.3 is 15.3 Å². The number of carbonyl (C=O) groups is 1. The smallest absolute Gasteiger partial charge is 0.399 e. The third kappa shape index (κ3) is 2.50. The van der Waals surface area contributed by atoms with Gasteiger partial charge in [-0.15, -0.1) is 0 Å². The van der Waals surface area contributed by atoms with E-state index in [0.29, 0.717) is 0 Å². The number of halogens is 3. The van der Waals surface area contributed by atoms with E-state index in [1.165, 1.54) is 0 Å². The molecule has 6 nitrogen and oxygen atoms in total. The van der Waals surface area contributed by atoms with Gasteiger partial charge in [-0.2, -0.15) is 18.6 Å². The quantitative estimate of drug-likeness (QED) is 0.724. The Morgan fingerprint density at radius 2 is 2.25 bits per heavy atom. The van der Waals surface area contributed by atoms with E-state index in [1.807, 2.05) is 0 Å². The Morgan fingerprint density at radius 3 is 2.70 bits per heavy atom. The summed E-state index contributed by atoms with van der Waals surface area (Å²) < 4.78 is 44.5. The molecule has 1 saturated carbocycles. The molecule has 9 heteroatoms. The van der Waals surface area contributed by atoms with Crippen LogP contribution in [0.15, 0.2) is 16.3 Å². The van der Waals surface area contributed by atoms with Crippen LogP contribution in [0.3, 0.4) is 0 Å². The zero-order chi connectivity index (χ0) is 15.0. The van der Waals surface area contributed by atoms with Gasteiger partial charge in [0.15, 0.2) is 0 Å². The maximum Gasteiger partial charge on any atom is 0.399 e. The van der Waals surface area contributed by atoms with E-state index in [9.17, 15) is 18.0 Å². The standard InChI is InChI=1S/C11H14F3N3O3/c1-2-20-9-15-5-6(8(18)19)7(16-17-9)10(3-4-10)11(12,13)14/h5,9,16-17H,2-4H2,1H3,(H,18,19). The van der Waals surface area contributed by atoms with E-state index in [1.54, 1.807) is 6.92 Å². The number of alkyl halides is 3. The molecule has 0 aromatic heterocycles. The van der Waals surface area contributed by atoms with Gasteiger partial charge in [0.1, 0.15) is 5.41 Å². The Bertz CT molecular complexity index is 469. The summed E-state index contributed by atoms with van der Waals surface area (Å²) in [6.07, 6.45) is -4.85. The first-order valence-electron chi connectivity index (χ1n) is 6.03. The van der Waals surface area contributed by atoms with Gasteiger partial charge in [-0.25, -0.2) is 9.79 Å². The van der Waals surface area contributed by atoms with Gasteiger partial charge in [-0.05, 0) is 19.8 Å². The molecule has 1 fully saturated rings. The predicted molar refractivity (Wildman–Crippen MR) is 62.6 cm³/mol. The second-order valence-electron chi connectivity index (χ2n) is 4.53. The summed E-state index contributed by atoms with van der Waals surface area (Å²) in [6, 6.07) is 0. The zero-order valence-corrected chi connectivity index (χ0v) is 10.6. The Hall–Kier alpha value is -1.61. The van der Waals surface area contributed by atoms with Gasteiger partial charge in [-0.3, -0.25) is 0 Å². The van der Waals surface area contributed by atoms with Gasteiger partial charge in [0.05, 0.1) is 11.3 Å². The molecule has 0 aromatic carbocycles. The Balaban J connectivity index is 2.35. The fraction of sp³-hybridized carbons (Fsp3) is 0.636. The molecule has 0 spiro atoms. The van der Waals surface area contributed by atoms with Crippen molar-refractivity contribution in [3.63, 3.8) is 0 Å². The summed E-state index contributed by atoms with van der Waals surface area (Å²) in [4.78, 5) is 14.9. The minimum absolute atomic E-state index is 0.148. The highest BCUT2D eigenvalue weighted by Gasteiger charge is 2.66. The molecule has 1 aliphatic heterocycles. The average Bonchev–Trinajstić information content (AvgIpc) is 3.11.